The summed E-state index contributed by atoms with van der Waals surface area (Å²) in [6.07, 6.45) is 1.59. The highest BCUT2D eigenvalue weighted by molar-refractivity contribution is 7.98. The van der Waals surface area contributed by atoms with Crippen molar-refractivity contribution in [2.75, 3.05) is 31.5 Å². The molecule has 9 nitrogen and oxygen atoms in total. The molecule has 0 saturated carbocycles. The third-order valence-corrected chi connectivity index (χ3v) is 5.72. The number of benzene rings is 2. The second-order valence-electron chi connectivity index (χ2n) is 7.41. The highest BCUT2D eigenvalue weighted by Crippen LogP contribution is 2.23. The summed E-state index contributed by atoms with van der Waals surface area (Å²) in [6.45, 7) is 1.73. The number of hydrogen-bond acceptors (Lipinski definition) is 8. The Kier molecular flexibility index (Phi) is 7.96. The quantitative estimate of drug-likeness (QED) is 0.285. The maximum atomic E-state index is 11.9. The van der Waals surface area contributed by atoms with Gasteiger partial charge in [0.25, 0.3) is 0 Å². The van der Waals surface area contributed by atoms with Gasteiger partial charge < -0.3 is 25.2 Å². The van der Waals surface area contributed by atoms with Crippen LogP contribution in [0.1, 0.15) is 18.1 Å². The SMILES string of the molecule is C=S(N)(=O)c1ccc(Nc2ncc(C#Cc3cc(OC)cc(OC)c3)c(N[C@H](C)CO)n2)cc1. The number of aliphatic hydroxyl groups excluding tert-OH is 1. The Morgan fingerprint density at radius 3 is 2.35 bits per heavy atom. The minimum Gasteiger partial charge on any atom is -0.497 e. The van der Waals surface area contributed by atoms with Crippen molar-refractivity contribution >= 4 is 33.0 Å². The summed E-state index contributed by atoms with van der Waals surface area (Å²) in [7, 11) is 0.365. The van der Waals surface area contributed by atoms with Crippen molar-refractivity contribution in [3.63, 3.8) is 0 Å². The van der Waals surface area contributed by atoms with Gasteiger partial charge in [-0.25, -0.2) is 9.19 Å². The lowest BCUT2D eigenvalue weighted by Crippen LogP contribution is -2.21. The fraction of sp³-hybridized carbons (Fsp3) is 0.208. The van der Waals surface area contributed by atoms with Crippen LogP contribution in [0, 0.1) is 11.8 Å². The standard InChI is InChI=1S/C24H27N5O4S/c1-16(15-30)27-23-18(6-5-17-11-20(32-2)13-21(12-17)33-3)14-26-24(29-23)28-19-7-9-22(10-8-19)34(4,25)31/h7-14,16,30H,4,15H2,1-3H3,(H2,25,31)(H2,26,27,28,29)/t16-,34?/m1/s1. The number of hydrogen-bond donors (Lipinski definition) is 4. The molecule has 2 atom stereocenters. The molecule has 2 aromatic carbocycles. The number of aliphatic hydroxyl groups is 1. The van der Waals surface area contributed by atoms with Crippen LogP contribution < -0.4 is 25.2 Å². The molecule has 0 spiro atoms. The lowest BCUT2D eigenvalue weighted by Gasteiger charge is -2.14. The first-order valence-corrected chi connectivity index (χ1v) is 12.0. The Bertz CT molecular complexity index is 1290. The number of nitrogens with one attached hydrogen (secondary N) is 2. The van der Waals surface area contributed by atoms with Crippen LogP contribution in [-0.4, -0.2) is 52.0 Å². The molecular formula is C24H27N5O4S. The Balaban J connectivity index is 1.91. The predicted molar refractivity (Wildman–Crippen MR) is 135 cm³/mol. The molecule has 10 heteroatoms. The molecule has 0 saturated heterocycles. The van der Waals surface area contributed by atoms with Crippen molar-refractivity contribution in [1.82, 2.24) is 9.97 Å². The van der Waals surface area contributed by atoms with Gasteiger partial charge in [0.1, 0.15) is 17.3 Å². The maximum Gasteiger partial charge on any atom is 0.229 e. The summed E-state index contributed by atoms with van der Waals surface area (Å²) in [4.78, 5) is 9.31. The maximum absolute atomic E-state index is 11.9. The van der Waals surface area contributed by atoms with E-state index < -0.39 is 9.71 Å². The van der Waals surface area contributed by atoms with Gasteiger partial charge >= 0.3 is 0 Å². The van der Waals surface area contributed by atoms with E-state index >= 15 is 0 Å². The van der Waals surface area contributed by atoms with E-state index in [1.807, 2.05) is 6.92 Å². The number of ether oxygens (including phenoxy) is 2. The Hall–Kier alpha value is -3.78. The van der Waals surface area contributed by atoms with Crippen LogP contribution in [0.2, 0.25) is 0 Å². The number of rotatable bonds is 8. The van der Waals surface area contributed by atoms with E-state index in [1.165, 1.54) is 0 Å². The summed E-state index contributed by atoms with van der Waals surface area (Å²) < 4.78 is 22.5. The van der Waals surface area contributed by atoms with Crippen molar-refractivity contribution in [3.8, 4) is 23.3 Å². The Morgan fingerprint density at radius 1 is 1.15 bits per heavy atom. The molecule has 0 aliphatic rings. The molecular weight excluding hydrogens is 454 g/mol. The third kappa shape index (κ3) is 6.62. The molecule has 0 radical (unpaired) electrons. The van der Waals surface area contributed by atoms with Crippen LogP contribution in [0.3, 0.4) is 0 Å². The lowest BCUT2D eigenvalue weighted by atomic mass is 10.2. The molecule has 3 rings (SSSR count). The van der Waals surface area contributed by atoms with Gasteiger partial charge in [0.15, 0.2) is 0 Å². The molecule has 178 valence electrons. The number of nitrogens with zero attached hydrogens (tertiary/aromatic N) is 2. The van der Waals surface area contributed by atoms with E-state index in [0.29, 0.717) is 45.0 Å². The Labute approximate surface area is 199 Å². The average molecular weight is 482 g/mol. The topological polar surface area (TPSA) is 132 Å². The zero-order chi connectivity index (χ0) is 24.7. The molecule has 1 aromatic heterocycles. The normalized spacial score (nSPS) is 13.1. The lowest BCUT2D eigenvalue weighted by molar-refractivity contribution is 0.281. The van der Waals surface area contributed by atoms with Gasteiger partial charge in [-0.3, -0.25) is 5.14 Å². The smallest absolute Gasteiger partial charge is 0.229 e. The minimum atomic E-state index is -2.78. The molecule has 0 aliphatic heterocycles. The number of aromatic nitrogens is 2. The van der Waals surface area contributed by atoms with Gasteiger partial charge in [-0.05, 0) is 49.2 Å². The van der Waals surface area contributed by atoms with Gasteiger partial charge in [0.05, 0.1) is 42.3 Å². The minimum absolute atomic E-state index is 0.0857. The van der Waals surface area contributed by atoms with E-state index in [-0.39, 0.29) is 12.6 Å². The predicted octanol–water partition coefficient (Wildman–Crippen LogP) is 2.38. The average Bonchev–Trinajstić information content (AvgIpc) is 2.83. The summed E-state index contributed by atoms with van der Waals surface area (Å²) in [6, 6.07) is 11.8. The van der Waals surface area contributed by atoms with Gasteiger partial charge in [0.2, 0.25) is 5.95 Å². The van der Waals surface area contributed by atoms with Crippen molar-refractivity contribution < 1.29 is 18.8 Å². The van der Waals surface area contributed by atoms with Crippen LogP contribution >= 0.6 is 0 Å². The Morgan fingerprint density at radius 2 is 1.79 bits per heavy atom. The van der Waals surface area contributed by atoms with E-state index in [2.05, 4.69) is 38.3 Å². The molecule has 0 aliphatic carbocycles. The molecule has 34 heavy (non-hydrogen) atoms. The van der Waals surface area contributed by atoms with Crippen molar-refractivity contribution in [2.24, 2.45) is 5.14 Å². The fourth-order valence-electron chi connectivity index (χ4n) is 2.84. The molecule has 5 N–H and O–H groups in total. The molecule has 3 aromatic rings. The van der Waals surface area contributed by atoms with Crippen LogP contribution in [0.25, 0.3) is 0 Å². The summed E-state index contributed by atoms with van der Waals surface area (Å²) in [5, 5.41) is 21.3. The zero-order valence-electron chi connectivity index (χ0n) is 19.2. The van der Waals surface area contributed by atoms with Gasteiger partial charge in [-0.1, -0.05) is 11.8 Å². The van der Waals surface area contributed by atoms with Crippen LogP contribution in [-0.2, 0) is 9.71 Å². The molecule has 1 heterocycles. The number of anilines is 3. The van der Waals surface area contributed by atoms with Crippen LogP contribution in [0.4, 0.5) is 17.5 Å². The summed E-state index contributed by atoms with van der Waals surface area (Å²) in [5.41, 5.74) is 1.92. The van der Waals surface area contributed by atoms with Gasteiger partial charge in [0, 0.05) is 28.3 Å². The summed E-state index contributed by atoms with van der Waals surface area (Å²) in [5.74, 6) is 11.6. The number of methoxy groups -OCH3 is 2. The molecule has 1 unspecified atom stereocenters. The highest BCUT2D eigenvalue weighted by Gasteiger charge is 2.10. The van der Waals surface area contributed by atoms with Crippen LogP contribution in [0.15, 0.2) is 53.6 Å². The van der Waals surface area contributed by atoms with E-state index in [4.69, 9.17) is 14.6 Å². The first kappa shape index (κ1) is 24.9. The first-order valence-electron chi connectivity index (χ1n) is 10.2. The number of nitrogens with two attached hydrogens (primary N) is 1. The van der Waals surface area contributed by atoms with E-state index in [1.54, 1.807) is 62.9 Å². The van der Waals surface area contributed by atoms with Crippen molar-refractivity contribution in [1.29, 1.82) is 0 Å². The van der Waals surface area contributed by atoms with E-state index in [0.717, 1.165) is 0 Å². The second kappa shape index (κ2) is 10.9. The summed E-state index contributed by atoms with van der Waals surface area (Å²) >= 11 is 0. The second-order valence-corrected chi connectivity index (χ2v) is 9.33. The fourth-order valence-corrected chi connectivity index (χ4v) is 3.44. The molecule has 0 amide bonds. The van der Waals surface area contributed by atoms with Crippen molar-refractivity contribution in [2.45, 2.75) is 17.9 Å². The van der Waals surface area contributed by atoms with Gasteiger partial charge in [-0.15, -0.1) is 0 Å². The van der Waals surface area contributed by atoms with Crippen LogP contribution in [0.5, 0.6) is 11.5 Å². The van der Waals surface area contributed by atoms with E-state index in [9.17, 15) is 9.32 Å². The van der Waals surface area contributed by atoms with Gasteiger partial charge in [-0.2, -0.15) is 4.98 Å². The highest BCUT2D eigenvalue weighted by atomic mass is 32.2. The zero-order valence-corrected chi connectivity index (χ0v) is 20.0. The van der Waals surface area contributed by atoms with Crippen molar-refractivity contribution in [3.05, 3.63) is 59.8 Å². The largest absolute Gasteiger partial charge is 0.497 e. The molecule has 0 bridgehead atoms. The molecule has 0 fully saturated rings. The third-order valence-electron chi connectivity index (χ3n) is 4.65. The first-order chi connectivity index (χ1) is 16.2. The monoisotopic (exact) mass is 481 g/mol.